The first-order chi connectivity index (χ1) is 7.94. The van der Waals surface area contributed by atoms with Crippen molar-refractivity contribution in [3.63, 3.8) is 0 Å². The van der Waals surface area contributed by atoms with Gasteiger partial charge in [-0.1, -0.05) is 15.9 Å². The molecular formula is C13H19BrFNO. The third-order valence-corrected chi connectivity index (χ3v) is 3.27. The minimum atomic E-state index is -0.174. The predicted octanol–water partition coefficient (Wildman–Crippen LogP) is 3.49. The van der Waals surface area contributed by atoms with E-state index >= 15 is 0 Å². The zero-order valence-corrected chi connectivity index (χ0v) is 12.1. The Labute approximate surface area is 111 Å². The van der Waals surface area contributed by atoms with Crippen LogP contribution in [0, 0.1) is 5.82 Å². The minimum absolute atomic E-state index is 0.136. The van der Waals surface area contributed by atoms with Crippen LogP contribution in [0.4, 0.5) is 4.39 Å². The summed E-state index contributed by atoms with van der Waals surface area (Å²) in [5.74, 6) is -0.174. The summed E-state index contributed by atoms with van der Waals surface area (Å²) < 4.78 is 19.6. The fourth-order valence-corrected chi connectivity index (χ4v) is 1.80. The molecule has 0 aliphatic heterocycles. The Hall–Kier alpha value is -0.450. The van der Waals surface area contributed by atoms with E-state index in [0.717, 1.165) is 17.4 Å². The first-order valence-electron chi connectivity index (χ1n) is 5.64. The molecule has 4 heteroatoms. The van der Waals surface area contributed by atoms with Crippen LogP contribution >= 0.6 is 15.9 Å². The summed E-state index contributed by atoms with van der Waals surface area (Å²) in [7, 11) is 1.70. The Morgan fingerprint density at radius 3 is 2.76 bits per heavy atom. The molecule has 0 radical (unpaired) electrons. The molecule has 0 aromatic heterocycles. The lowest BCUT2D eigenvalue weighted by Gasteiger charge is -2.22. The molecule has 0 aliphatic carbocycles. The average molecular weight is 304 g/mol. The monoisotopic (exact) mass is 303 g/mol. The van der Waals surface area contributed by atoms with Crippen molar-refractivity contribution in [2.24, 2.45) is 0 Å². The van der Waals surface area contributed by atoms with Gasteiger partial charge in [-0.15, -0.1) is 0 Å². The third-order valence-electron chi connectivity index (χ3n) is 2.78. The second kappa shape index (κ2) is 6.47. The van der Waals surface area contributed by atoms with Crippen molar-refractivity contribution in [3.8, 4) is 0 Å². The van der Waals surface area contributed by atoms with E-state index in [1.165, 1.54) is 6.07 Å². The summed E-state index contributed by atoms with van der Waals surface area (Å²) in [6.07, 6.45) is 0.888. The number of halogens is 2. The van der Waals surface area contributed by atoms with Crippen molar-refractivity contribution in [1.82, 2.24) is 5.32 Å². The Balaban J connectivity index is 2.38. The summed E-state index contributed by atoms with van der Waals surface area (Å²) in [5.41, 5.74) is 0.539. The van der Waals surface area contributed by atoms with Crippen LogP contribution in [0.2, 0.25) is 0 Å². The molecule has 0 bridgehead atoms. The normalized spacial score (nSPS) is 11.8. The van der Waals surface area contributed by atoms with E-state index in [2.05, 4.69) is 21.2 Å². The lowest BCUT2D eigenvalue weighted by atomic mass is 10.1. The zero-order valence-electron chi connectivity index (χ0n) is 10.5. The lowest BCUT2D eigenvalue weighted by Crippen LogP contribution is -2.28. The molecular weight excluding hydrogens is 285 g/mol. The number of methoxy groups -OCH3 is 1. The number of benzene rings is 1. The van der Waals surface area contributed by atoms with Gasteiger partial charge in [-0.3, -0.25) is 0 Å². The number of nitrogens with one attached hydrogen (secondary N) is 1. The van der Waals surface area contributed by atoms with Crippen molar-refractivity contribution in [2.45, 2.75) is 32.4 Å². The quantitative estimate of drug-likeness (QED) is 0.812. The maximum Gasteiger partial charge on any atom is 0.127 e. The molecule has 96 valence electrons. The molecule has 0 saturated heterocycles. The van der Waals surface area contributed by atoms with Gasteiger partial charge >= 0.3 is 0 Å². The standard InChI is InChI=1S/C13H19BrFNO/c1-13(2,17-3)6-7-16-9-10-8-11(14)4-5-12(10)15/h4-5,8,16H,6-7,9H2,1-3H3. The molecule has 1 aromatic carbocycles. The highest BCUT2D eigenvalue weighted by molar-refractivity contribution is 9.10. The maximum absolute atomic E-state index is 13.4. The van der Waals surface area contributed by atoms with Gasteiger partial charge < -0.3 is 10.1 Å². The van der Waals surface area contributed by atoms with Gasteiger partial charge in [0.1, 0.15) is 5.82 Å². The van der Waals surface area contributed by atoms with Gasteiger partial charge in [-0.2, -0.15) is 0 Å². The molecule has 0 amide bonds. The highest BCUT2D eigenvalue weighted by Gasteiger charge is 2.15. The molecule has 1 aromatic rings. The third kappa shape index (κ3) is 5.15. The van der Waals surface area contributed by atoms with Gasteiger partial charge in [0.2, 0.25) is 0 Å². The Bertz CT molecular complexity index is 368. The smallest absolute Gasteiger partial charge is 0.127 e. The molecule has 0 spiro atoms. The highest BCUT2D eigenvalue weighted by atomic mass is 79.9. The van der Waals surface area contributed by atoms with Crippen LogP contribution in [0.5, 0.6) is 0 Å². The van der Waals surface area contributed by atoms with Crippen LogP contribution in [0.25, 0.3) is 0 Å². The van der Waals surface area contributed by atoms with Gasteiger partial charge in [0.15, 0.2) is 0 Å². The molecule has 0 unspecified atom stereocenters. The van der Waals surface area contributed by atoms with Gasteiger partial charge in [0.25, 0.3) is 0 Å². The first-order valence-corrected chi connectivity index (χ1v) is 6.44. The first kappa shape index (κ1) is 14.6. The predicted molar refractivity (Wildman–Crippen MR) is 71.5 cm³/mol. The zero-order chi connectivity index (χ0) is 12.9. The van der Waals surface area contributed by atoms with Crippen LogP contribution in [-0.2, 0) is 11.3 Å². The molecule has 1 rings (SSSR count). The highest BCUT2D eigenvalue weighted by Crippen LogP contribution is 2.16. The van der Waals surface area contributed by atoms with E-state index in [1.54, 1.807) is 19.2 Å². The average Bonchev–Trinajstić information content (AvgIpc) is 2.29. The molecule has 2 nitrogen and oxygen atoms in total. The van der Waals surface area contributed by atoms with Crippen LogP contribution in [-0.4, -0.2) is 19.3 Å². The molecule has 0 aliphatic rings. The summed E-state index contributed by atoms with van der Waals surface area (Å²) in [4.78, 5) is 0. The van der Waals surface area contributed by atoms with Crippen LogP contribution in [0.3, 0.4) is 0 Å². The summed E-state index contributed by atoms with van der Waals surface area (Å²) >= 11 is 3.33. The fourth-order valence-electron chi connectivity index (χ4n) is 1.39. The second-order valence-corrected chi connectivity index (χ2v) is 5.54. The van der Waals surface area contributed by atoms with Crippen LogP contribution < -0.4 is 5.32 Å². The van der Waals surface area contributed by atoms with Crippen molar-refractivity contribution in [2.75, 3.05) is 13.7 Å². The van der Waals surface area contributed by atoms with E-state index in [1.807, 2.05) is 13.8 Å². The molecule has 0 atom stereocenters. The Morgan fingerprint density at radius 2 is 2.12 bits per heavy atom. The van der Waals surface area contributed by atoms with Gasteiger partial charge in [0, 0.05) is 23.7 Å². The van der Waals surface area contributed by atoms with Crippen molar-refractivity contribution < 1.29 is 9.13 Å². The Morgan fingerprint density at radius 1 is 1.41 bits per heavy atom. The molecule has 0 fully saturated rings. The van der Waals surface area contributed by atoms with Crippen LogP contribution in [0.1, 0.15) is 25.8 Å². The van der Waals surface area contributed by atoms with Crippen LogP contribution in [0.15, 0.2) is 22.7 Å². The summed E-state index contributed by atoms with van der Waals surface area (Å²) in [6.45, 7) is 5.40. The fraction of sp³-hybridized carbons (Fsp3) is 0.538. The molecule has 0 heterocycles. The van der Waals surface area contributed by atoms with E-state index in [-0.39, 0.29) is 11.4 Å². The maximum atomic E-state index is 13.4. The Kier molecular flexibility index (Phi) is 5.56. The molecule has 17 heavy (non-hydrogen) atoms. The van der Waals surface area contributed by atoms with Gasteiger partial charge in [-0.05, 0) is 45.0 Å². The van der Waals surface area contributed by atoms with Crippen molar-refractivity contribution >= 4 is 15.9 Å². The van der Waals surface area contributed by atoms with Crippen molar-refractivity contribution in [1.29, 1.82) is 0 Å². The molecule has 1 N–H and O–H groups in total. The largest absolute Gasteiger partial charge is 0.379 e. The number of hydrogen-bond acceptors (Lipinski definition) is 2. The van der Waals surface area contributed by atoms with Gasteiger partial charge in [-0.25, -0.2) is 4.39 Å². The van der Waals surface area contributed by atoms with E-state index in [9.17, 15) is 4.39 Å². The van der Waals surface area contributed by atoms with Crippen molar-refractivity contribution in [3.05, 3.63) is 34.1 Å². The number of ether oxygens (including phenoxy) is 1. The van der Waals surface area contributed by atoms with Gasteiger partial charge in [0.05, 0.1) is 5.60 Å². The van der Waals surface area contributed by atoms with E-state index in [4.69, 9.17) is 4.74 Å². The second-order valence-electron chi connectivity index (χ2n) is 4.63. The summed E-state index contributed by atoms with van der Waals surface area (Å²) in [5, 5.41) is 3.22. The SMILES string of the molecule is COC(C)(C)CCNCc1cc(Br)ccc1F. The lowest BCUT2D eigenvalue weighted by molar-refractivity contribution is 0.0158. The minimum Gasteiger partial charge on any atom is -0.379 e. The molecule has 0 saturated carbocycles. The topological polar surface area (TPSA) is 21.3 Å². The number of hydrogen-bond donors (Lipinski definition) is 1. The van der Waals surface area contributed by atoms with E-state index in [0.29, 0.717) is 12.1 Å². The van der Waals surface area contributed by atoms with E-state index < -0.39 is 0 Å². The summed E-state index contributed by atoms with van der Waals surface area (Å²) in [6, 6.07) is 4.97. The number of rotatable bonds is 6.